The number of hydrogen-bond donors (Lipinski definition) is 1. The highest BCUT2D eigenvalue weighted by molar-refractivity contribution is 8.18. The maximum Gasteiger partial charge on any atom is 0.427 e. The minimum absolute atomic E-state index is 0.200. The zero-order chi connectivity index (χ0) is 14.8. The average Bonchev–Trinajstić information content (AvgIpc) is 2.70. The molecule has 1 heterocycles. The Morgan fingerprint density at radius 3 is 2.40 bits per heavy atom. The third kappa shape index (κ3) is 3.53. The number of carbonyl (C=O) groups is 2. The van der Waals surface area contributed by atoms with Crippen molar-refractivity contribution in [1.82, 2.24) is 5.32 Å². The van der Waals surface area contributed by atoms with Crippen LogP contribution in [0.3, 0.4) is 0 Å². The molecule has 0 aliphatic carbocycles. The van der Waals surface area contributed by atoms with Gasteiger partial charge in [0.25, 0.3) is 11.1 Å². The maximum absolute atomic E-state index is 12.7. The van der Waals surface area contributed by atoms with Crippen LogP contribution in [-0.2, 0) is 4.79 Å². The first-order valence-electron chi connectivity index (χ1n) is 5.37. The Morgan fingerprint density at radius 2 is 1.90 bits per heavy atom. The zero-order valence-electron chi connectivity index (χ0n) is 9.86. The normalized spacial score (nSPS) is 17.4. The number of nitrogens with one attached hydrogen (secondary N) is 1. The third-order valence-corrected chi connectivity index (χ3v) is 3.05. The van der Waals surface area contributed by atoms with Crippen LogP contribution in [0.4, 0.5) is 18.0 Å². The van der Waals surface area contributed by atoms with Gasteiger partial charge < -0.3 is 4.74 Å². The lowest BCUT2D eigenvalue weighted by Crippen LogP contribution is -2.26. The highest BCUT2D eigenvalue weighted by atomic mass is 32.2. The summed E-state index contributed by atoms with van der Waals surface area (Å²) in [4.78, 5) is 22.5. The van der Waals surface area contributed by atoms with Gasteiger partial charge in [0.2, 0.25) is 0 Å². The molecule has 0 spiro atoms. The second kappa shape index (κ2) is 5.58. The van der Waals surface area contributed by atoms with E-state index >= 15 is 0 Å². The zero-order valence-corrected chi connectivity index (χ0v) is 10.7. The van der Waals surface area contributed by atoms with Gasteiger partial charge in [0.1, 0.15) is 5.75 Å². The monoisotopic (exact) mass is 303 g/mol. The summed E-state index contributed by atoms with van der Waals surface area (Å²) in [7, 11) is 0. The Balaban J connectivity index is 2.11. The summed E-state index contributed by atoms with van der Waals surface area (Å²) in [5.41, 5.74) is 0.522. The molecule has 1 aliphatic rings. The number of ether oxygens (including phenoxy) is 1. The SMILES string of the molecule is O=C1NC(=O)C(=Cc2ccc(OC(F)(F)CF)cc2)S1. The van der Waals surface area contributed by atoms with Crippen molar-refractivity contribution in [3.05, 3.63) is 34.7 Å². The van der Waals surface area contributed by atoms with Crippen LogP contribution in [0, 0.1) is 0 Å². The molecule has 1 aromatic rings. The fourth-order valence-electron chi connectivity index (χ4n) is 1.40. The van der Waals surface area contributed by atoms with Crippen molar-refractivity contribution in [2.24, 2.45) is 0 Å². The number of halogens is 3. The predicted octanol–water partition coefficient (Wildman–Crippen LogP) is 2.95. The summed E-state index contributed by atoms with van der Waals surface area (Å²) in [5.74, 6) is -0.710. The van der Waals surface area contributed by atoms with Crippen molar-refractivity contribution < 1.29 is 27.5 Å². The Labute approximate surface area is 116 Å². The van der Waals surface area contributed by atoms with Crippen LogP contribution in [0.5, 0.6) is 5.75 Å². The van der Waals surface area contributed by atoms with Gasteiger partial charge in [-0.05, 0) is 35.5 Å². The predicted molar refractivity (Wildman–Crippen MR) is 67.1 cm³/mol. The Morgan fingerprint density at radius 1 is 1.25 bits per heavy atom. The minimum Gasteiger partial charge on any atom is -0.431 e. The van der Waals surface area contributed by atoms with E-state index in [0.717, 1.165) is 11.8 Å². The van der Waals surface area contributed by atoms with Crippen molar-refractivity contribution in [2.75, 3.05) is 6.67 Å². The molecule has 20 heavy (non-hydrogen) atoms. The molecule has 0 unspecified atom stereocenters. The molecular weight excluding hydrogens is 295 g/mol. The number of amides is 2. The van der Waals surface area contributed by atoms with Crippen molar-refractivity contribution in [1.29, 1.82) is 0 Å². The Hall–Kier alpha value is -1.96. The number of alkyl halides is 3. The van der Waals surface area contributed by atoms with E-state index in [1.54, 1.807) is 0 Å². The fraction of sp³-hybridized carbons (Fsp3) is 0.167. The van der Waals surface area contributed by atoms with E-state index in [1.807, 2.05) is 0 Å². The number of thioether (sulfide) groups is 1. The molecule has 1 fully saturated rings. The van der Waals surface area contributed by atoms with E-state index < -0.39 is 23.9 Å². The molecule has 8 heteroatoms. The molecule has 1 aliphatic heterocycles. The lowest BCUT2D eigenvalue weighted by atomic mass is 10.2. The molecule has 1 saturated heterocycles. The van der Waals surface area contributed by atoms with Crippen LogP contribution in [0.15, 0.2) is 29.2 Å². The summed E-state index contributed by atoms with van der Waals surface area (Å²) >= 11 is 0.747. The van der Waals surface area contributed by atoms with Crippen LogP contribution in [0.1, 0.15) is 5.56 Å². The average molecular weight is 303 g/mol. The number of imide groups is 1. The fourth-order valence-corrected chi connectivity index (χ4v) is 2.09. The molecule has 0 atom stereocenters. The van der Waals surface area contributed by atoms with E-state index in [9.17, 15) is 22.8 Å². The summed E-state index contributed by atoms with van der Waals surface area (Å²) in [6, 6.07) is 5.26. The van der Waals surface area contributed by atoms with E-state index in [4.69, 9.17) is 0 Å². The lowest BCUT2D eigenvalue weighted by Gasteiger charge is -2.14. The number of hydrogen-bond acceptors (Lipinski definition) is 4. The minimum atomic E-state index is -3.87. The van der Waals surface area contributed by atoms with Gasteiger partial charge in [-0.1, -0.05) is 12.1 Å². The van der Waals surface area contributed by atoms with Gasteiger partial charge in [-0.25, -0.2) is 4.39 Å². The van der Waals surface area contributed by atoms with Gasteiger partial charge in [-0.2, -0.15) is 8.78 Å². The molecule has 0 saturated carbocycles. The van der Waals surface area contributed by atoms with E-state index in [1.165, 1.54) is 30.3 Å². The van der Waals surface area contributed by atoms with Crippen molar-refractivity contribution in [3.8, 4) is 5.75 Å². The van der Waals surface area contributed by atoms with E-state index in [-0.39, 0.29) is 10.7 Å². The second-order valence-electron chi connectivity index (χ2n) is 3.79. The highest BCUT2D eigenvalue weighted by Crippen LogP contribution is 2.27. The highest BCUT2D eigenvalue weighted by Gasteiger charge is 2.31. The maximum atomic E-state index is 12.7. The van der Waals surface area contributed by atoms with Gasteiger partial charge in [0.15, 0.2) is 6.67 Å². The molecule has 4 nitrogen and oxygen atoms in total. The van der Waals surface area contributed by atoms with Gasteiger partial charge in [0, 0.05) is 0 Å². The number of rotatable bonds is 4. The van der Waals surface area contributed by atoms with Crippen LogP contribution < -0.4 is 10.1 Å². The van der Waals surface area contributed by atoms with Crippen LogP contribution in [-0.4, -0.2) is 23.9 Å². The van der Waals surface area contributed by atoms with Gasteiger partial charge >= 0.3 is 6.11 Å². The molecule has 106 valence electrons. The van der Waals surface area contributed by atoms with Crippen LogP contribution in [0.2, 0.25) is 0 Å². The smallest absolute Gasteiger partial charge is 0.427 e. The first kappa shape index (κ1) is 14.4. The van der Waals surface area contributed by atoms with Crippen molar-refractivity contribution in [3.63, 3.8) is 0 Å². The van der Waals surface area contributed by atoms with Gasteiger partial charge in [-0.3, -0.25) is 14.9 Å². The van der Waals surface area contributed by atoms with E-state index in [2.05, 4.69) is 10.1 Å². The molecule has 0 radical (unpaired) electrons. The topological polar surface area (TPSA) is 55.4 Å². The van der Waals surface area contributed by atoms with Crippen molar-refractivity contribution >= 4 is 29.0 Å². The summed E-state index contributed by atoms with van der Waals surface area (Å²) in [6.07, 6.45) is -2.43. The molecule has 1 aromatic carbocycles. The Bertz CT molecular complexity index is 572. The van der Waals surface area contributed by atoms with Crippen molar-refractivity contribution in [2.45, 2.75) is 6.11 Å². The number of carbonyl (C=O) groups excluding carboxylic acids is 2. The summed E-state index contributed by atoms with van der Waals surface area (Å²) in [6.45, 7) is -1.92. The van der Waals surface area contributed by atoms with Crippen LogP contribution >= 0.6 is 11.8 Å². The summed E-state index contributed by atoms with van der Waals surface area (Å²) in [5, 5.41) is 1.62. The van der Waals surface area contributed by atoms with E-state index in [0.29, 0.717) is 5.56 Å². The molecule has 2 amide bonds. The van der Waals surface area contributed by atoms with Gasteiger partial charge in [0.05, 0.1) is 4.91 Å². The summed E-state index contributed by atoms with van der Waals surface area (Å²) < 4.78 is 41.4. The largest absolute Gasteiger partial charge is 0.431 e. The first-order chi connectivity index (χ1) is 9.39. The molecule has 2 rings (SSSR count). The standard InChI is InChI=1S/C12H8F3NO3S/c13-6-12(14,15)19-8-3-1-7(2-4-8)5-9-10(17)16-11(18)20-9/h1-5H,6H2,(H,16,17,18). The third-order valence-electron chi connectivity index (χ3n) is 2.24. The van der Waals surface area contributed by atoms with Gasteiger partial charge in [-0.15, -0.1) is 0 Å². The lowest BCUT2D eigenvalue weighted by molar-refractivity contribution is -0.186. The second-order valence-corrected chi connectivity index (χ2v) is 4.81. The molecule has 1 N–H and O–H groups in total. The number of benzene rings is 1. The Kier molecular flexibility index (Phi) is 4.03. The molecule has 0 aromatic heterocycles. The quantitative estimate of drug-likeness (QED) is 0.869. The van der Waals surface area contributed by atoms with Crippen LogP contribution in [0.25, 0.3) is 6.08 Å². The molecular formula is C12H8F3NO3S. The first-order valence-corrected chi connectivity index (χ1v) is 6.19. The molecule has 0 bridgehead atoms.